The number of rotatable bonds is 5. The summed E-state index contributed by atoms with van der Waals surface area (Å²) in [5, 5.41) is 3.42. The van der Waals surface area contributed by atoms with Crippen molar-refractivity contribution >= 4 is 0 Å². The summed E-state index contributed by atoms with van der Waals surface area (Å²) in [5.74, 6) is 0. The molecule has 1 unspecified atom stereocenters. The average Bonchev–Trinajstić information content (AvgIpc) is 2.14. The van der Waals surface area contributed by atoms with E-state index < -0.39 is 0 Å². The van der Waals surface area contributed by atoms with E-state index in [0.717, 1.165) is 26.2 Å². The van der Waals surface area contributed by atoms with E-state index in [2.05, 4.69) is 24.3 Å². The molecule has 0 radical (unpaired) electrons. The highest BCUT2D eigenvalue weighted by atomic mass is 16.5. The van der Waals surface area contributed by atoms with Gasteiger partial charge in [-0.15, -0.1) is 0 Å². The smallest absolute Gasteiger partial charge is 0.0699 e. The Balaban J connectivity index is 1.92. The first kappa shape index (κ1) is 11.0. The van der Waals surface area contributed by atoms with E-state index in [-0.39, 0.29) is 0 Å². The zero-order valence-corrected chi connectivity index (χ0v) is 8.88. The summed E-state index contributed by atoms with van der Waals surface area (Å²) >= 11 is 0. The van der Waals surface area contributed by atoms with Crippen LogP contribution in [0.2, 0.25) is 0 Å². The average molecular weight is 186 g/mol. The molecule has 1 rings (SSSR count). The van der Waals surface area contributed by atoms with Gasteiger partial charge < -0.3 is 15.0 Å². The van der Waals surface area contributed by atoms with Crippen molar-refractivity contribution in [2.45, 2.75) is 25.4 Å². The molecule has 78 valence electrons. The van der Waals surface area contributed by atoms with E-state index in [1.54, 1.807) is 0 Å². The number of likely N-dealkylation sites (N-methyl/N-ethyl adjacent to an activating group) is 1. The van der Waals surface area contributed by atoms with Gasteiger partial charge in [0.2, 0.25) is 0 Å². The van der Waals surface area contributed by atoms with Crippen molar-refractivity contribution in [2.24, 2.45) is 0 Å². The summed E-state index contributed by atoms with van der Waals surface area (Å²) in [5.41, 5.74) is 0. The lowest BCUT2D eigenvalue weighted by Gasteiger charge is -2.23. The lowest BCUT2D eigenvalue weighted by molar-refractivity contribution is 0.0169. The van der Waals surface area contributed by atoms with Gasteiger partial charge in [-0.3, -0.25) is 0 Å². The summed E-state index contributed by atoms with van der Waals surface area (Å²) < 4.78 is 5.61. The molecular weight excluding hydrogens is 164 g/mol. The molecule has 0 aromatic rings. The molecule has 1 atom stereocenters. The molecule has 3 heteroatoms. The lowest BCUT2D eigenvalue weighted by atomic mass is 10.1. The predicted molar refractivity (Wildman–Crippen MR) is 55.0 cm³/mol. The second-order valence-electron chi connectivity index (χ2n) is 4.00. The maximum absolute atomic E-state index is 5.61. The van der Waals surface area contributed by atoms with Crippen LogP contribution in [0.3, 0.4) is 0 Å². The van der Waals surface area contributed by atoms with E-state index in [1.165, 1.54) is 19.3 Å². The van der Waals surface area contributed by atoms with Crippen LogP contribution in [0.15, 0.2) is 0 Å². The number of hydrogen-bond donors (Lipinski definition) is 1. The molecule has 0 spiro atoms. The molecule has 0 bridgehead atoms. The van der Waals surface area contributed by atoms with Crippen molar-refractivity contribution in [3.05, 3.63) is 0 Å². The zero-order chi connectivity index (χ0) is 9.52. The quantitative estimate of drug-likeness (QED) is 0.640. The third-order valence-electron chi connectivity index (χ3n) is 2.38. The Bertz CT molecular complexity index is 122. The van der Waals surface area contributed by atoms with Gasteiger partial charge in [-0.25, -0.2) is 0 Å². The van der Waals surface area contributed by atoms with Crippen molar-refractivity contribution < 1.29 is 4.74 Å². The SMILES string of the molecule is CN(C)CCNCC1CCCCO1. The molecule has 1 aliphatic rings. The molecule has 3 nitrogen and oxygen atoms in total. The van der Waals surface area contributed by atoms with Crippen molar-refractivity contribution in [3.63, 3.8) is 0 Å². The third-order valence-corrected chi connectivity index (χ3v) is 2.38. The highest BCUT2D eigenvalue weighted by Gasteiger charge is 2.12. The maximum Gasteiger partial charge on any atom is 0.0699 e. The summed E-state index contributed by atoms with van der Waals surface area (Å²) in [6, 6.07) is 0. The fraction of sp³-hybridized carbons (Fsp3) is 1.00. The Morgan fingerprint density at radius 1 is 1.38 bits per heavy atom. The van der Waals surface area contributed by atoms with Crippen LogP contribution in [0.1, 0.15) is 19.3 Å². The van der Waals surface area contributed by atoms with Gasteiger partial charge in [0.15, 0.2) is 0 Å². The van der Waals surface area contributed by atoms with Crippen LogP contribution in [0.5, 0.6) is 0 Å². The van der Waals surface area contributed by atoms with Crippen LogP contribution in [-0.4, -0.2) is 51.3 Å². The lowest BCUT2D eigenvalue weighted by Crippen LogP contribution is -2.35. The molecule has 0 amide bonds. The minimum absolute atomic E-state index is 0.468. The van der Waals surface area contributed by atoms with E-state index in [4.69, 9.17) is 4.74 Å². The standard InChI is InChI=1S/C10H22N2O/c1-12(2)7-6-11-9-10-5-3-4-8-13-10/h10-11H,3-9H2,1-2H3. The Morgan fingerprint density at radius 3 is 2.85 bits per heavy atom. The molecule has 0 aliphatic carbocycles. The van der Waals surface area contributed by atoms with Gasteiger partial charge in [0.1, 0.15) is 0 Å². The fourth-order valence-corrected chi connectivity index (χ4v) is 1.53. The van der Waals surface area contributed by atoms with Crippen LogP contribution in [0.25, 0.3) is 0 Å². The topological polar surface area (TPSA) is 24.5 Å². The third kappa shape index (κ3) is 5.24. The van der Waals surface area contributed by atoms with Crippen molar-refractivity contribution in [2.75, 3.05) is 40.3 Å². The van der Waals surface area contributed by atoms with E-state index in [1.807, 2.05) is 0 Å². The van der Waals surface area contributed by atoms with Gasteiger partial charge in [0.05, 0.1) is 6.10 Å². The highest BCUT2D eigenvalue weighted by Crippen LogP contribution is 2.11. The van der Waals surface area contributed by atoms with Gasteiger partial charge in [0, 0.05) is 26.2 Å². The minimum Gasteiger partial charge on any atom is -0.377 e. The van der Waals surface area contributed by atoms with Crippen LogP contribution in [0, 0.1) is 0 Å². The number of nitrogens with zero attached hydrogens (tertiary/aromatic N) is 1. The highest BCUT2D eigenvalue weighted by molar-refractivity contribution is 4.66. The molecule has 1 heterocycles. The van der Waals surface area contributed by atoms with E-state index >= 15 is 0 Å². The van der Waals surface area contributed by atoms with Gasteiger partial charge >= 0.3 is 0 Å². The summed E-state index contributed by atoms with van der Waals surface area (Å²) in [6.07, 6.45) is 4.28. The largest absolute Gasteiger partial charge is 0.377 e. The van der Waals surface area contributed by atoms with Crippen molar-refractivity contribution in [3.8, 4) is 0 Å². The monoisotopic (exact) mass is 186 g/mol. The summed E-state index contributed by atoms with van der Waals surface area (Å²) in [7, 11) is 4.19. The van der Waals surface area contributed by atoms with E-state index in [9.17, 15) is 0 Å². The second-order valence-corrected chi connectivity index (χ2v) is 4.00. The van der Waals surface area contributed by atoms with Crippen LogP contribution >= 0.6 is 0 Å². The molecule has 13 heavy (non-hydrogen) atoms. The Hall–Kier alpha value is -0.120. The summed E-state index contributed by atoms with van der Waals surface area (Å²) in [4.78, 5) is 2.19. The molecule has 0 saturated carbocycles. The minimum atomic E-state index is 0.468. The Kier molecular flexibility index (Phi) is 5.35. The van der Waals surface area contributed by atoms with Gasteiger partial charge in [-0.05, 0) is 33.4 Å². The predicted octanol–water partition coefficient (Wildman–Crippen LogP) is 0.707. The molecule has 1 N–H and O–H groups in total. The second kappa shape index (κ2) is 6.35. The molecule has 0 aromatic heterocycles. The molecular formula is C10H22N2O. The molecule has 0 aromatic carbocycles. The number of nitrogens with one attached hydrogen (secondary N) is 1. The van der Waals surface area contributed by atoms with Gasteiger partial charge in [-0.1, -0.05) is 0 Å². The first-order valence-electron chi connectivity index (χ1n) is 5.26. The number of ether oxygens (including phenoxy) is 1. The first-order valence-corrected chi connectivity index (χ1v) is 5.26. The van der Waals surface area contributed by atoms with E-state index in [0.29, 0.717) is 6.10 Å². The Labute approximate surface area is 81.4 Å². The van der Waals surface area contributed by atoms with Crippen molar-refractivity contribution in [1.82, 2.24) is 10.2 Å². The number of hydrogen-bond acceptors (Lipinski definition) is 3. The fourth-order valence-electron chi connectivity index (χ4n) is 1.53. The normalized spacial score (nSPS) is 23.8. The zero-order valence-electron chi connectivity index (χ0n) is 8.88. The van der Waals surface area contributed by atoms with Gasteiger partial charge in [-0.2, -0.15) is 0 Å². The van der Waals surface area contributed by atoms with Crippen LogP contribution in [0.4, 0.5) is 0 Å². The molecule has 1 aliphatic heterocycles. The van der Waals surface area contributed by atoms with Gasteiger partial charge in [0.25, 0.3) is 0 Å². The molecule has 1 saturated heterocycles. The van der Waals surface area contributed by atoms with Crippen LogP contribution in [-0.2, 0) is 4.74 Å². The first-order chi connectivity index (χ1) is 6.29. The van der Waals surface area contributed by atoms with Crippen LogP contribution < -0.4 is 5.32 Å². The maximum atomic E-state index is 5.61. The Morgan fingerprint density at radius 2 is 2.23 bits per heavy atom. The van der Waals surface area contributed by atoms with Crippen molar-refractivity contribution in [1.29, 1.82) is 0 Å². The summed E-state index contributed by atoms with van der Waals surface area (Å²) in [6.45, 7) is 4.15. The molecule has 1 fully saturated rings.